The van der Waals surface area contributed by atoms with Gasteiger partial charge in [-0.25, -0.2) is 0 Å². The maximum absolute atomic E-state index is 2.76. The number of hydrogen-bond acceptors (Lipinski definition) is 1. The first-order chi connectivity index (χ1) is 6.67. The lowest BCUT2D eigenvalue weighted by Crippen LogP contribution is -2.36. The molecule has 82 valence electrons. The summed E-state index contributed by atoms with van der Waals surface area (Å²) in [7, 11) is 0. The van der Waals surface area contributed by atoms with Crippen molar-refractivity contribution in [1.29, 1.82) is 0 Å². The summed E-state index contributed by atoms with van der Waals surface area (Å²) in [6, 6.07) is 1.63. The van der Waals surface area contributed by atoms with E-state index in [1.54, 1.807) is 0 Å². The zero-order valence-electron chi connectivity index (χ0n) is 10.1. The summed E-state index contributed by atoms with van der Waals surface area (Å²) < 4.78 is 0. The van der Waals surface area contributed by atoms with Gasteiger partial charge < -0.3 is 0 Å². The van der Waals surface area contributed by atoms with Crippen LogP contribution in [0.1, 0.15) is 59.3 Å². The van der Waals surface area contributed by atoms with E-state index in [9.17, 15) is 0 Å². The predicted octanol–water partition coefficient (Wildman–Crippen LogP) is 3.44. The molecule has 2 rings (SSSR count). The summed E-state index contributed by atoms with van der Waals surface area (Å²) in [5, 5.41) is 0. The topological polar surface area (TPSA) is 3.24 Å². The van der Waals surface area contributed by atoms with E-state index >= 15 is 0 Å². The van der Waals surface area contributed by atoms with E-state index in [1.807, 2.05) is 0 Å². The van der Waals surface area contributed by atoms with Gasteiger partial charge in [-0.3, -0.25) is 4.90 Å². The Kier molecular flexibility index (Phi) is 2.88. The average Bonchev–Trinajstić information content (AvgIpc) is 2.74. The van der Waals surface area contributed by atoms with Gasteiger partial charge in [0.1, 0.15) is 0 Å². The minimum absolute atomic E-state index is 0.741. The highest BCUT2D eigenvalue weighted by Gasteiger charge is 2.45. The fourth-order valence-corrected chi connectivity index (χ4v) is 3.67. The van der Waals surface area contributed by atoms with Gasteiger partial charge in [-0.15, -0.1) is 0 Å². The van der Waals surface area contributed by atoms with Gasteiger partial charge in [-0.2, -0.15) is 0 Å². The second-order valence-corrected chi connectivity index (χ2v) is 5.74. The molecule has 0 amide bonds. The normalized spacial score (nSPS) is 32.1. The van der Waals surface area contributed by atoms with Crippen LogP contribution in [0.25, 0.3) is 0 Å². The molecule has 0 N–H and O–H groups in total. The molecule has 1 heteroatoms. The number of rotatable bonds is 2. The van der Waals surface area contributed by atoms with Crippen molar-refractivity contribution >= 4 is 0 Å². The van der Waals surface area contributed by atoms with Crippen LogP contribution in [0, 0.1) is 5.41 Å². The molecule has 1 aliphatic heterocycles. The standard InChI is InChI=1S/C13H25N/c1-4-12-9-13(7-5-6-8-13)10-14(12)11(2)3/h11-12H,4-10H2,1-3H3. The van der Waals surface area contributed by atoms with Crippen molar-refractivity contribution in [1.82, 2.24) is 4.90 Å². The Bertz CT molecular complexity index is 191. The van der Waals surface area contributed by atoms with Crippen molar-refractivity contribution in [3.05, 3.63) is 0 Å². The summed E-state index contributed by atoms with van der Waals surface area (Å²) in [5.74, 6) is 0. The molecule has 2 aliphatic rings. The third-order valence-electron chi connectivity index (χ3n) is 4.45. The van der Waals surface area contributed by atoms with Gasteiger partial charge in [-0.05, 0) is 44.9 Å². The molecular formula is C13H25N. The molecule has 1 heterocycles. The number of hydrogen-bond donors (Lipinski definition) is 0. The smallest absolute Gasteiger partial charge is 0.0101 e. The Morgan fingerprint density at radius 1 is 1.29 bits per heavy atom. The van der Waals surface area contributed by atoms with Crippen LogP contribution in [0.5, 0.6) is 0 Å². The maximum atomic E-state index is 2.76. The van der Waals surface area contributed by atoms with Crippen molar-refractivity contribution in [3.8, 4) is 0 Å². The Morgan fingerprint density at radius 3 is 2.36 bits per heavy atom. The van der Waals surface area contributed by atoms with Crippen molar-refractivity contribution in [3.63, 3.8) is 0 Å². The quantitative estimate of drug-likeness (QED) is 0.652. The molecular weight excluding hydrogens is 170 g/mol. The molecule has 1 aliphatic carbocycles. The Labute approximate surface area is 88.9 Å². The van der Waals surface area contributed by atoms with Crippen molar-refractivity contribution in [2.24, 2.45) is 5.41 Å². The van der Waals surface area contributed by atoms with Crippen LogP contribution in [-0.4, -0.2) is 23.5 Å². The lowest BCUT2D eigenvalue weighted by atomic mass is 9.83. The van der Waals surface area contributed by atoms with E-state index in [4.69, 9.17) is 0 Å². The van der Waals surface area contributed by atoms with Gasteiger partial charge in [0.15, 0.2) is 0 Å². The van der Waals surface area contributed by atoms with Crippen LogP contribution in [0.3, 0.4) is 0 Å². The molecule has 14 heavy (non-hydrogen) atoms. The second-order valence-electron chi connectivity index (χ2n) is 5.74. The number of nitrogens with zero attached hydrogens (tertiary/aromatic N) is 1. The summed E-state index contributed by atoms with van der Waals surface area (Å²) in [6.45, 7) is 8.46. The van der Waals surface area contributed by atoms with Crippen LogP contribution in [0.15, 0.2) is 0 Å². The molecule has 1 unspecified atom stereocenters. The first-order valence-corrected chi connectivity index (χ1v) is 6.43. The molecule has 1 saturated carbocycles. The highest BCUT2D eigenvalue weighted by Crippen LogP contribution is 2.48. The minimum atomic E-state index is 0.741. The molecule has 1 saturated heterocycles. The summed E-state index contributed by atoms with van der Waals surface area (Å²) in [6.07, 6.45) is 8.83. The maximum Gasteiger partial charge on any atom is 0.0101 e. The molecule has 1 atom stereocenters. The van der Waals surface area contributed by atoms with E-state index in [-0.39, 0.29) is 0 Å². The van der Waals surface area contributed by atoms with Crippen LogP contribution in [-0.2, 0) is 0 Å². The largest absolute Gasteiger partial charge is 0.297 e. The third kappa shape index (κ3) is 1.71. The van der Waals surface area contributed by atoms with Crippen molar-refractivity contribution < 1.29 is 0 Å². The first-order valence-electron chi connectivity index (χ1n) is 6.43. The average molecular weight is 195 g/mol. The van der Waals surface area contributed by atoms with Crippen molar-refractivity contribution in [2.45, 2.75) is 71.4 Å². The molecule has 0 radical (unpaired) electrons. The van der Waals surface area contributed by atoms with Crippen LogP contribution in [0.4, 0.5) is 0 Å². The number of likely N-dealkylation sites (tertiary alicyclic amines) is 1. The van der Waals surface area contributed by atoms with Crippen LogP contribution in [0.2, 0.25) is 0 Å². The van der Waals surface area contributed by atoms with Crippen LogP contribution >= 0.6 is 0 Å². The van der Waals surface area contributed by atoms with Gasteiger partial charge in [0.2, 0.25) is 0 Å². The van der Waals surface area contributed by atoms with E-state index in [1.165, 1.54) is 45.1 Å². The minimum Gasteiger partial charge on any atom is -0.297 e. The monoisotopic (exact) mass is 195 g/mol. The fourth-order valence-electron chi connectivity index (χ4n) is 3.67. The summed E-state index contributed by atoms with van der Waals surface area (Å²) in [4.78, 5) is 2.76. The third-order valence-corrected chi connectivity index (χ3v) is 4.45. The highest BCUT2D eigenvalue weighted by molar-refractivity contribution is 4.98. The SMILES string of the molecule is CCC1CC2(CCCC2)CN1C(C)C. The molecule has 1 nitrogen and oxygen atoms in total. The van der Waals surface area contributed by atoms with E-state index < -0.39 is 0 Å². The van der Waals surface area contributed by atoms with E-state index in [2.05, 4.69) is 25.7 Å². The molecule has 2 fully saturated rings. The molecule has 0 aromatic carbocycles. The zero-order valence-corrected chi connectivity index (χ0v) is 10.1. The summed E-state index contributed by atoms with van der Waals surface area (Å²) in [5.41, 5.74) is 0.741. The Morgan fingerprint density at radius 2 is 1.93 bits per heavy atom. The Balaban J connectivity index is 2.06. The van der Waals surface area contributed by atoms with Crippen molar-refractivity contribution in [2.75, 3.05) is 6.54 Å². The predicted molar refractivity (Wildman–Crippen MR) is 61.4 cm³/mol. The zero-order chi connectivity index (χ0) is 10.2. The van der Waals surface area contributed by atoms with Crippen LogP contribution < -0.4 is 0 Å². The van der Waals surface area contributed by atoms with Gasteiger partial charge in [0.25, 0.3) is 0 Å². The first kappa shape index (κ1) is 10.5. The van der Waals surface area contributed by atoms with Gasteiger partial charge in [-0.1, -0.05) is 19.8 Å². The van der Waals surface area contributed by atoms with Gasteiger partial charge in [0.05, 0.1) is 0 Å². The van der Waals surface area contributed by atoms with E-state index in [0.717, 1.165) is 17.5 Å². The molecule has 0 aromatic rings. The summed E-state index contributed by atoms with van der Waals surface area (Å²) >= 11 is 0. The van der Waals surface area contributed by atoms with E-state index in [0.29, 0.717) is 0 Å². The lowest BCUT2D eigenvalue weighted by Gasteiger charge is -2.28. The molecule has 0 aromatic heterocycles. The highest BCUT2D eigenvalue weighted by atomic mass is 15.2. The molecule has 0 bridgehead atoms. The Hall–Kier alpha value is -0.0400. The second kappa shape index (κ2) is 3.84. The fraction of sp³-hybridized carbons (Fsp3) is 1.00. The van der Waals surface area contributed by atoms with Gasteiger partial charge >= 0.3 is 0 Å². The van der Waals surface area contributed by atoms with Gasteiger partial charge in [0, 0.05) is 18.6 Å². The molecule has 1 spiro atoms. The lowest BCUT2D eigenvalue weighted by molar-refractivity contribution is 0.185.